The van der Waals surface area contributed by atoms with Gasteiger partial charge in [-0.2, -0.15) is 8.42 Å². The van der Waals surface area contributed by atoms with Crippen molar-refractivity contribution in [1.82, 2.24) is 0 Å². The third-order valence-corrected chi connectivity index (χ3v) is 3.11. The van der Waals surface area contributed by atoms with Gasteiger partial charge in [-0.1, -0.05) is 0 Å². The van der Waals surface area contributed by atoms with Crippen molar-refractivity contribution in [3.8, 4) is 5.75 Å². The quantitative estimate of drug-likeness (QED) is 0.465. The Kier molecular flexibility index (Phi) is 4.71. The number of hydrogen-bond acceptors (Lipinski definition) is 5. The molecule has 0 radical (unpaired) electrons. The molecular formula is C9H9IO6S. The minimum atomic E-state index is -4.16. The zero-order valence-corrected chi connectivity index (χ0v) is 11.4. The van der Waals surface area contributed by atoms with Crippen LogP contribution in [-0.2, 0) is 14.9 Å². The lowest BCUT2D eigenvalue weighted by Crippen LogP contribution is -2.14. The van der Waals surface area contributed by atoms with E-state index >= 15 is 0 Å². The molecule has 1 rings (SSSR count). The molecule has 0 saturated heterocycles. The van der Waals surface area contributed by atoms with Crippen molar-refractivity contribution in [1.29, 1.82) is 0 Å². The summed E-state index contributed by atoms with van der Waals surface area (Å²) in [6.07, 6.45) is 0. The molecule has 17 heavy (non-hydrogen) atoms. The van der Waals surface area contributed by atoms with Crippen molar-refractivity contribution >= 4 is 38.7 Å². The lowest BCUT2D eigenvalue weighted by Gasteiger charge is -2.05. The van der Waals surface area contributed by atoms with Gasteiger partial charge >= 0.3 is 5.97 Å². The minimum absolute atomic E-state index is 0.0489. The number of benzene rings is 1. The lowest BCUT2D eigenvalue weighted by molar-refractivity contribution is 0.0525. The number of rotatable bonds is 4. The fourth-order valence-electron chi connectivity index (χ4n) is 0.989. The van der Waals surface area contributed by atoms with Crippen molar-refractivity contribution in [2.75, 3.05) is 12.4 Å². The van der Waals surface area contributed by atoms with E-state index in [9.17, 15) is 18.3 Å². The Balaban J connectivity index is 2.67. The van der Waals surface area contributed by atoms with E-state index in [0.717, 1.165) is 3.57 Å². The monoisotopic (exact) mass is 372 g/mol. The molecule has 0 bridgehead atoms. The summed E-state index contributed by atoms with van der Waals surface area (Å²) in [5.41, 5.74) is -0.0489. The van der Waals surface area contributed by atoms with Crippen LogP contribution in [0.4, 0.5) is 0 Å². The lowest BCUT2D eigenvalue weighted by atomic mass is 10.2. The number of phenolic OH excluding ortho intramolecular Hbond substituents is 1. The fraction of sp³-hybridized carbons (Fsp3) is 0.222. The van der Waals surface area contributed by atoms with E-state index in [1.54, 1.807) is 6.07 Å². The molecule has 0 aliphatic rings. The molecule has 0 aliphatic heterocycles. The molecule has 94 valence electrons. The first-order valence-corrected chi connectivity index (χ1v) is 7.09. The fourth-order valence-corrected chi connectivity index (χ4v) is 1.77. The van der Waals surface area contributed by atoms with Gasteiger partial charge in [0.15, 0.2) is 0 Å². The van der Waals surface area contributed by atoms with Gasteiger partial charge < -0.3 is 9.84 Å². The van der Waals surface area contributed by atoms with Crippen LogP contribution in [0.2, 0.25) is 0 Å². The number of hydrogen-bond donors (Lipinski definition) is 2. The van der Waals surface area contributed by atoms with Crippen LogP contribution in [0.15, 0.2) is 18.2 Å². The third kappa shape index (κ3) is 4.88. The van der Waals surface area contributed by atoms with Crippen LogP contribution < -0.4 is 0 Å². The molecule has 0 saturated carbocycles. The Bertz CT molecular complexity index is 524. The van der Waals surface area contributed by atoms with Gasteiger partial charge in [0.05, 0.1) is 0 Å². The molecule has 2 N–H and O–H groups in total. The molecule has 1 aromatic carbocycles. The van der Waals surface area contributed by atoms with Gasteiger partial charge in [-0.25, -0.2) is 4.79 Å². The summed E-state index contributed by atoms with van der Waals surface area (Å²) >= 11 is 1.95. The second kappa shape index (κ2) is 5.65. The maximum absolute atomic E-state index is 11.4. The summed E-state index contributed by atoms with van der Waals surface area (Å²) in [4.78, 5) is 11.4. The Hall–Kier alpha value is -0.870. The van der Waals surface area contributed by atoms with Crippen molar-refractivity contribution in [3.05, 3.63) is 27.3 Å². The van der Waals surface area contributed by atoms with Gasteiger partial charge in [0.2, 0.25) is 0 Å². The number of carbonyl (C=O) groups excluding carboxylic acids is 1. The Labute approximate surface area is 111 Å². The number of phenols is 1. The molecular weight excluding hydrogens is 363 g/mol. The van der Waals surface area contributed by atoms with Gasteiger partial charge in [-0.3, -0.25) is 4.55 Å². The van der Waals surface area contributed by atoms with Crippen LogP contribution >= 0.6 is 22.6 Å². The first kappa shape index (κ1) is 14.2. The number of carbonyl (C=O) groups is 1. The van der Waals surface area contributed by atoms with E-state index < -0.39 is 28.4 Å². The predicted octanol–water partition coefficient (Wildman–Crippen LogP) is 1.04. The predicted molar refractivity (Wildman–Crippen MR) is 67.5 cm³/mol. The maximum atomic E-state index is 11.4. The van der Waals surface area contributed by atoms with Crippen LogP contribution in [0.25, 0.3) is 0 Å². The largest absolute Gasteiger partial charge is 0.507 e. The van der Waals surface area contributed by atoms with Crippen LogP contribution in [0.3, 0.4) is 0 Å². The molecule has 0 fully saturated rings. The standard InChI is InChI=1S/C9H9IO6S/c10-6-1-2-8(11)7(5-6)9(12)16-3-4-17(13,14)15/h1-2,5,11H,3-4H2,(H,13,14,15). The normalized spacial score (nSPS) is 11.2. The summed E-state index contributed by atoms with van der Waals surface area (Å²) in [6.45, 7) is -0.470. The number of ether oxygens (including phenoxy) is 1. The summed E-state index contributed by atoms with van der Waals surface area (Å²) < 4.78 is 34.5. The first-order valence-electron chi connectivity index (χ1n) is 4.40. The van der Waals surface area contributed by atoms with E-state index in [0.29, 0.717) is 0 Å². The number of esters is 1. The highest BCUT2D eigenvalue weighted by atomic mass is 127. The zero-order valence-electron chi connectivity index (χ0n) is 8.46. The molecule has 0 atom stereocenters. The van der Waals surface area contributed by atoms with E-state index in [-0.39, 0.29) is 11.3 Å². The second-order valence-electron chi connectivity index (χ2n) is 3.08. The SMILES string of the molecule is O=C(OCCS(=O)(=O)O)c1cc(I)ccc1O. The van der Waals surface area contributed by atoms with Crippen molar-refractivity contribution in [3.63, 3.8) is 0 Å². The van der Waals surface area contributed by atoms with Gasteiger partial charge in [0.25, 0.3) is 10.1 Å². The van der Waals surface area contributed by atoms with Crippen molar-refractivity contribution in [2.24, 2.45) is 0 Å². The molecule has 0 aliphatic carbocycles. The van der Waals surface area contributed by atoms with E-state index in [1.807, 2.05) is 22.6 Å². The van der Waals surface area contributed by atoms with Gasteiger partial charge in [0.1, 0.15) is 23.7 Å². The third-order valence-electron chi connectivity index (χ3n) is 1.75. The van der Waals surface area contributed by atoms with Gasteiger partial charge in [0, 0.05) is 3.57 Å². The molecule has 0 unspecified atom stereocenters. The average Bonchev–Trinajstić information content (AvgIpc) is 2.19. The molecule has 0 aromatic heterocycles. The van der Waals surface area contributed by atoms with E-state index in [4.69, 9.17) is 4.55 Å². The van der Waals surface area contributed by atoms with Crippen molar-refractivity contribution in [2.45, 2.75) is 0 Å². The summed E-state index contributed by atoms with van der Waals surface area (Å²) in [6, 6.07) is 4.34. The van der Waals surface area contributed by atoms with Gasteiger partial charge in [-0.15, -0.1) is 0 Å². The zero-order chi connectivity index (χ0) is 13.1. The highest BCUT2D eigenvalue weighted by molar-refractivity contribution is 14.1. The molecule has 1 aromatic rings. The van der Waals surface area contributed by atoms with Crippen molar-refractivity contribution < 1.29 is 27.6 Å². The number of aromatic hydroxyl groups is 1. The maximum Gasteiger partial charge on any atom is 0.341 e. The Morgan fingerprint density at radius 2 is 2.06 bits per heavy atom. The topological polar surface area (TPSA) is 101 Å². The highest BCUT2D eigenvalue weighted by Gasteiger charge is 2.14. The molecule has 0 amide bonds. The van der Waals surface area contributed by atoms with E-state index in [2.05, 4.69) is 4.74 Å². The Morgan fingerprint density at radius 3 is 2.65 bits per heavy atom. The highest BCUT2D eigenvalue weighted by Crippen LogP contribution is 2.20. The average molecular weight is 372 g/mol. The van der Waals surface area contributed by atoms with Crippen LogP contribution in [0.1, 0.15) is 10.4 Å². The molecule has 0 spiro atoms. The van der Waals surface area contributed by atoms with E-state index in [1.165, 1.54) is 12.1 Å². The van der Waals surface area contributed by atoms with Crippen LogP contribution in [0, 0.1) is 3.57 Å². The molecule has 6 nitrogen and oxygen atoms in total. The van der Waals surface area contributed by atoms with Crippen LogP contribution in [-0.4, -0.2) is 36.4 Å². The molecule has 8 heteroatoms. The minimum Gasteiger partial charge on any atom is -0.507 e. The van der Waals surface area contributed by atoms with Crippen LogP contribution in [0.5, 0.6) is 5.75 Å². The summed E-state index contributed by atoms with van der Waals surface area (Å²) in [5, 5.41) is 9.39. The Morgan fingerprint density at radius 1 is 1.41 bits per heavy atom. The number of halogens is 1. The smallest absolute Gasteiger partial charge is 0.341 e. The first-order chi connectivity index (χ1) is 7.79. The molecule has 0 heterocycles. The van der Waals surface area contributed by atoms with Gasteiger partial charge in [-0.05, 0) is 40.8 Å². The summed E-state index contributed by atoms with van der Waals surface area (Å²) in [7, 11) is -4.16. The second-order valence-corrected chi connectivity index (χ2v) is 5.90. The summed E-state index contributed by atoms with van der Waals surface area (Å²) in [5.74, 6) is -1.77.